The lowest BCUT2D eigenvalue weighted by molar-refractivity contribution is 0.249. The summed E-state index contributed by atoms with van der Waals surface area (Å²) in [5.74, 6) is 0.875. The van der Waals surface area contributed by atoms with Gasteiger partial charge < -0.3 is 5.32 Å². The van der Waals surface area contributed by atoms with E-state index in [4.69, 9.17) is 0 Å². The van der Waals surface area contributed by atoms with Crippen molar-refractivity contribution in [1.82, 2.24) is 20.1 Å². The van der Waals surface area contributed by atoms with Crippen LogP contribution in [-0.2, 0) is 6.54 Å². The molecule has 0 unspecified atom stereocenters. The molecule has 6 nitrogen and oxygen atoms in total. The number of nitrogens with zero attached hydrogens (tertiary/aromatic N) is 3. The van der Waals surface area contributed by atoms with Gasteiger partial charge in [0.15, 0.2) is 0 Å². The first kappa shape index (κ1) is 16.0. The third-order valence-electron chi connectivity index (χ3n) is 3.44. The third-order valence-corrected chi connectivity index (χ3v) is 3.44. The molecule has 0 aliphatic heterocycles. The van der Waals surface area contributed by atoms with Crippen LogP contribution in [0.25, 0.3) is 0 Å². The first-order chi connectivity index (χ1) is 10.5. The molecule has 2 aromatic rings. The predicted octanol–water partition coefficient (Wildman–Crippen LogP) is 2.66. The Morgan fingerprint density at radius 2 is 2.14 bits per heavy atom. The smallest absolute Gasteiger partial charge is 0.320 e. The van der Waals surface area contributed by atoms with Crippen LogP contribution in [0.5, 0.6) is 0 Å². The number of aryl methyl sites for hydroxylation is 3. The van der Waals surface area contributed by atoms with Gasteiger partial charge in [-0.2, -0.15) is 5.10 Å². The molecule has 0 radical (unpaired) electrons. The van der Waals surface area contributed by atoms with Gasteiger partial charge in [0.05, 0.1) is 5.69 Å². The lowest BCUT2D eigenvalue weighted by Gasteiger charge is -2.14. The number of amides is 2. The molecule has 2 heterocycles. The summed E-state index contributed by atoms with van der Waals surface area (Å²) < 4.78 is 1.97. The number of aromatic nitrogens is 3. The summed E-state index contributed by atoms with van der Waals surface area (Å²) in [7, 11) is 0. The molecule has 22 heavy (non-hydrogen) atoms. The van der Waals surface area contributed by atoms with Crippen molar-refractivity contribution in [2.45, 2.75) is 34.2 Å². The summed E-state index contributed by atoms with van der Waals surface area (Å²) in [6, 6.07) is 5.57. The molecule has 6 heteroatoms. The van der Waals surface area contributed by atoms with Crippen molar-refractivity contribution >= 4 is 11.8 Å². The molecule has 0 spiro atoms. The standard InChI is InChI=1S/C16H23N5O/c1-11(10-21-14(4)8-13(3)20-21)9-18-16(22)19-15-12(2)6-5-7-17-15/h5-8,11H,9-10H2,1-4H3,(H2,17,18,19,22)/t11-/m1/s1. The molecule has 1 atom stereocenters. The number of urea groups is 1. The summed E-state index contributed by atoms with van der Waals surface area (Å²) >= 11 is 0. The highest BCUT2D eigenvalue weighted by atomic mass is 16.2. The van der Waals surface area contributed by atoms with Gasteiger partial charge in [0.25, 0.3) is 0 Å². The number of hydrogen-bond acceptors (Lipinski definition) is 3. The molecular weight excluding hydrogens is 278 g/mol. The van der Waals surface area contributed by atoms with E-state index < -0.39 is 0 Å². The zero-order valence-electron chi connectivity index (χ0n) is 13.6. The van der Waals surface area contributed by atoms with Gasteiger partial charge in [0.1, 0.15) is 5.82 Å². The molecule has 0 saturated carbocycles. The second-order valence-corrected chi connectivity index (χ2v) is 5.72. The van der Waals surface area contributed by atoms with Crippen molar-refractivity contribution in [3.63, 3.8) is 0 Å². The Bertz CT molecular complexity index is 650. The van der Waals surface area contributed by atoms with E-state index >= 15 is 0 Å². The Balaban J connectivity index is 1.81. The molecule has 0 saturated heterocycles. The molecule has 118 valence electrons. The highest BCUT2D eigenvalue weighted by Gasteiger charge is 2.10. The van der Waals surface area contributed by atoms with E-state index in [0.29, 0.717) is 12.4 Å². The quantitative estimate of drug-likeness (QED) is 0.892. The van der Waals surface area contributed by atoms with Gasteiger partial charge in [-0.25, -0.2) is 9.78 Å². The second kappa shape index (κ2) is 7.06. The molecule has 2 amide bonds. The topological polar surface area (TPSA) is 71.8 Å². The third kappa shape index (κ3) is 4.31. The van der Waals surface area contributed by atoms with E-state index in [9.17, 15) is 4.79 Å². The molecule has 0 aliphatic rings. The number of hydrogen-bond donors (Lipinski definition) is 2. The molecule has 2 rings (SSSR count). The molecule has 2 aromatic heterocycles. The molecular formula is C16H23N5O. The summed E-state index contributed by atoms with van der Waals surface area (Å²) in [6.07, 6.45) is 1.66. The van der Waals surface area contributed by atoms with E-state index in [1.54, 1.807) is 6.20 Å². The van der Waals surface area contributed by atoms with Gasteiger partial charge in [0.2, 0.25) is 0 Å². The highest BCUT2D eigenvalue weighted by molar-refractivity contribution is 5.88. The second-order valence-electron chi connectivity index (χ2n) is 5.72. The van der Waals surface area contributed by atoms with Gasteiger partial charge in [-0.05, 0) is 44.4 Å². The lowest BCUT2D eigenvalue weighted by atomic mass is 10.2. The van der Waals surface area contributed by atoms with Crippen molar-refractivity contribution in [1.29, 1.82) is 0 Å². The maximum Gasteiger partial charge on any atom is 0.320 e. The van der Waals surface area contributed by atoms with Crippen LogP contribution < -0.4 is 10.6 Å². The summed E-state index contributed by atoms with van der Waals surface area (Å²) in [4.78, 5) is 16.0. The largest absolute Gasteiger partial charge is 0.337 e. The van der Waals surface area contributed by atoms with Crippen molar-refractivity contribution in [3.8, 4) is 0 Å². The Morgan fingerprint density at radius 1 is 1.36 bits per heavy atom. The first-order valence-electron chi connectivity index (χ1n) is 7.43. The Kier molecular flexibility index (Phi) is 5.14. The number of anilines is 1. The zero-order valence-corrected chi connectivity index (χ0v) is 13.6. The zero-order chi connectivity index (χ0) is 16.1. The summed E-state index contributed by atoms with van der Waals surface area (Å²) in [6.45, 7) is 9.38. The maximum atomic E-state index is 11.9. The van der Waals surface area contributed by atoms with E-state index in [1.807, 2.05) is 37.6 Å². The van der Waals surface area contributed by atoms with E-state index in [0.717, 1.165) is 23.5 Å². The highest BCUT2D eigenvalue weighted by Crippen LogP contribution is 2.09. The molecule has 0 fully saturated rings. The Morgan fingerprint density at radius 3 is 2.77 bits per heavy atom. The van der Waals surface area contributed by atoms with Crippen LogP contribution in [0.2, 0.25) is 0 Å². The predicted molar refractivity (Wildman–Crippen MR) is 86.9 cm³/mol. The van der Waals surface area contributed by atoms with Crippen molar-refractivity contribution in [2.24, 2.45) is 5.92 Å². The van der Waals surface area contributed by atoms with Gasteiger partial charge in [0, 0.05) is 25.0 Å². The van der Waals surface area contributed by atoms with Crippen LogP contribution in [0.4, 0.5) is 10.6 Å². The fourth-order valence-electron chi connectivity index (χ4n) is 2.25. The fraction of sp³-hybridized carbons (Fsp3) is 0.438. The van der Waals surface area contributed by atoms with E-state index in [-0.39, 0.29) is 11.9 Å². The Hall–Kier alpha value is -2.37. The van der Waals surface area contributed by atoms with Gasteiger partial charge >= 0.3 is 6.03 Å². The summed E-state index contributed by atoms with van der Waals surface area (Å²) in [5, 5.41) is 10.1. The summed E-state index contributed by atoms with van der Waals surface area (Å²) in [5.41, 5.74) is 3.09. The average molecular weight is 301 g/mol. The van der Waals surface area contributed by atoms with Crippen LogP contribution in [0.1, 0.15) is 23.9 Å². The number of pyridine rings is 1. The van der Waals surface area contributed by atoms with Crippen molar-refractivity contribution < 1.29 is 4.79 Å². The maximum absolute atomic E-state index is 11.9. The van der Waals surface area contributed by atoms with Gasteiger partial charge in [-0.15, -0.1) is 0 Å². The molecule has 2 N–H and O–H groups in total. The van der Waals surface area contributed by atoms with Crippen LogP contribution in [0, 0.1) is 26.7 Å². The van der Waals surface area contributed by atoms with Crippen LogP contribution in [-0.4, -0.2) is 27.3 Å². The minimum Gasteiger partial charge on any atom is -0.337 e. The number of carbonyl (C=O) groups is 1. The molecule has 0 bridgehead atoms. The molecule has 0 aliphatic carbocycles. The SMILES string of the molecule is Cc1cc(C)n(C[C@H](C)CNC(=O)Nc2ncccc2C)n1. The van der Waals surface area contributed by atoms with Crippen molar-refractivity contribution in [2.75, 3.05) is 11.9 Å². The number of carbonyl (C=O) groups excluding carboxylic acids is 1. The number of rotatable bonds is 5. The van der Waals surface area contributed by atoms with Crippen LogP contribution >= 0.6 is 0 Å². The first-order valence-corrected chi connectivity index (χ1v) is 7.43. The van der Waals surface area contributed by atoms with Gasteiger partial charge in [-0.1, -0.05) is 13.0 Å². The van der Waals surface area contributed by atoms with Crippen LogP contribution in [0.3, 0.4) is 0 Å². The van der Waals surface area contributed by atoms with E-state index in [1.165, 1.54) is 0 Å². The minimum atomic E-state index is -0.234. The normalized spacial score (nSPS) is 12.0. The lowest BCUT2D eigenvalue weighted by Crippen LogP contribution is -2.34. The minimum absolute atomic E-state index is 0.234. The number of nitrogens with one attached hydrogen (secondary N) is 2. The van der Waals surface area contributed by atoms with E-state index in [2.05, 4.69) is 33.7 Å². The van der Waals surface area contributed by atoms with Gasteiger partial charge in [-0.3, -0.25) is 10.00 Å². The monoisotopic (exact) mass is 301 g/mol. The molecule has 0 aromatic carbocycles. The average Bonchev–Trinajstić information content (AvgIpc) is 2.77. The fourth-order valence-corrected chi connectivity index (χ4v) is 2.25. The van der Waals surface area contributed by atoms with Crippen molar-refractivity contribution in [3.05, 3.63) is 41.3 Å². The van der Waals surface area contributed by atoms with Crippen LogP contribution in [0.15, 0.2) is 24.4 Å². The Labute approximate surface area is 130 Å².